The summed E-state index contributed by atoms with van der Waals surface area (Å²) in [7, 11) is 0. The molecule has 2 atom stereocenters. The van der Waals surface area contributed by atoms with E-state index in [-0.39, 0.29) is 33.8 Å². The lowest BCUT2D eigenvalue weighted by Crippen LogP contribution is -2.34. The smallest absolute Gasteiger partial charge is 0.336 e. The number of ether oxygens (including phenoxy) is 2. The molecule has 0 amide bonds. The average molecular weight is 524 g/mol. The van der Waals surface area contributed by atoms with E-state index < -0.39 is 58.4 Å². The number of nitrogens with one attached hydrogen (secondary N) is 1. The standard InChI is InChI=1S/C21H24N4O12/c1-11(36-24(30)31)9-34-20(26)17-13(3)22-14(4)18(21(27)35-10-12(2)37-25(32)33)19(17)15-6-5-7-16(8-15)23(28)29/h5-8,11-12,19,22H,9-10H2,1-4H3. The van der Waals surface area contributed by atoms with E-state index in [0.717, 1.165) is 0 Å². The van der Waals surface area contributed by atoms with Crippen molar-refractivity contribution in [3.05, 3.63) is 82.7 Å². The number of rotatable bonds is 12. The summed E-state index contributed by atoms with van der Waals surface area (Å²) < 4.78 is 10.4. The van der Waals surface area contributed by atoms with Crippen LogP contribution in [0.3, 0.4) is 0 Å². The first kappa shape index (κ1) is 28.5. The number of carbonyl (C=O) groups is 2. The van der Waals surface area contributed by atoms with Crippen molar-refractivity contribution >= 4 is 17.6 Å². The highest BCUT2D eigenvalue weighted by molar-refractivity contribution is 6.00. The van der Waals surface area contributed by atoms with Crippen molar-refractivity contribution in [2.45, 2.75) is 45.8 Å². The third-order valence-electron chi connectivity index (χ3n) is 5.04. The van der Waals surface area contributed by atoms with Crippen molar-refractivity contribution < 1.29 is 43.8 Å². The Bertz CT molecular complexity index is 1100. The van der Waals surface area contributed by atoms with Crippen molar-refractivity contribution in [3.8, 4) is 0 Å². The maximum Gasteiger partial charge on any atom is 0.336 e. The zero-order valence-electron chi connectivity index (χ0n) is 20.2. The van der Waals surface area contributed by atoms with E-state index in [1.54, 1.807) is 0 Å². The summed E-state index contributed by atoms with van der Waals surface area (Å²) in [6.07, 6.45) is -2.20. The highest BCUT2D eigenvalue weighted by atomic mass is 17.0. The van der Waals surface area contributed by atoms with E-state index in [1.165, 1.54) is 52.0 Å². The Hall–Kier alpha value is -4.76. The average Bonchev–Trinajstić information content (AvgIpc) is 2.79. The fourth-order valence-corrected chi connectivity index (χ4v) is 3.58. The predicted octanol–water partition coefficient (Wildman–Crippen LogP) is 2.11. The first-order chi connectivity index (χ1) is 17.3. The van der Waals surface area contributed by atoms with E-state index in [9.17, 15) is 39.9 Å². The third kappa shape index (κ3) is 7.61. The van der Waals surface area contributed by atoms with Crippen LogP contribution in [0.4, 0.5) is 5.69 Å². The summed E-state index contributed by atoms with van der Waals surface area (Å²) in [6.45, 7) is 4.62. The zero-order chi connectivity index (χ0) is 27.9. The molecule has 1 N–H and O–H groups in total. The largest absolute Gasteiger partial charge is 0.460 e. The first-order valence-corrected chi connectivity index (χ1v) is 10.7. The van der Waals surface area contributed by atoms with Crippen LogP contribution in [0.5, 0.6) is 0 Å². The zero-order valence-corrected chi connectivity index (χ0v) is 20.2. The van der Waals surface area contributed by atoms with Crippen LogP contribution in [0, 0.1) is 30.3 Å². The molecule has 0 fully saturated rings. The maximum atomic E-state index is 13.1. The molecule has 37 heavy (non-hydrogen) atoms. The Morgan fingerprint density at radius 3 is 1.76 bits per heavy atom. The molecule has 0 radical (unpaired) electrons. The summed E-state index contributed by atoms with van der Waals surface area (Å²) in [6, 6.07) is 5.22. The van der Waals surface area contributed by atoms with Gasteiger partial charge in [0.1, 0.15) is 25.4 Å². The SMILES string of the molecule is CC1=C(C(=O)OCC(C)O[N+](=O)[O-])C(c2cccc([N+](=O)[O-])c2)C(C(=O)OCC(C)O[N+](=O)[O-])=C(C)N1. The van der Waals surface area contributed by atoms with Crippen molar-refractivity contribution in [2.24, 2.45) is 0 Å². The molecule has 0 saturated heterocycles. The molecule has 1 aromatic rings. The number of non-ortho nitro benzene ring substituents is 1. The van der Waals surface area contributed by atoms with Crippen LogP contribution in [0.15, 0.2) is 46.8 Å². The second-order valence-corrected chi connectivity index (χ2v) is 7.96. The highest BCUT2D eigenvalue weighted by Gasteiger charge is 2.39. The predicted molar refractivity (Wildman–Crippen MR) is 121 cm³/mol. The molecule has 1 aromatic carbocycles. The molecule has 2 rings (SSSR count). The maximum absolute atomic E-state index is 13.1. The normalized spacial score (nSPS) is 16.7. The lowest BCUT2D eigenvalue weighted by Gasteiger charge is -2.30. The Kier molecular flexibility index (Phi) is 9.45. The van der Waals surface area contributed by atoms with Gasteiger partial charge >= 0.3 is 11.9 Å². The van der Waals surface area contributed by atoms with Crippen LogP contribution >= 0.6 is 0 Å². The molecule has 0 bridgehead atoms. The first-order valence-electron chi connectivity index (χ1n) is 10.7. The van der Waals surface area contributed by atoms with E-state index in [2.05, 4.69) is 15.0 Å². The van der Waals surface area contributed by atoms with Crippen molar-refractivity contribution in [2.75, 3.05) is 13.2 Å². The quantitative estimate of drug-likeness (QED) is 0.236. The van der Waals surface area contributed by atoms with Gasteiger partial charge in [-0.1, -0.05) is 12.1 Å². The Labute approximate surface area is 209 Å². The summed E-state index contributed by atoms with van der Waals surface area (Å²) in [5, 5.41) is 33.2. The number of hydrogen-bond donors (Lipinski definition) is 1. The number of hydrogen-bond acceptors (Lipinski definition) is 13. The number of allylic oxidation sites excluding steroid dienone is 2. The lowest BCUT2D eigenvalue weighted by molar-refractivity contribution is -0.767. The molecule has 0 spiro atoms. The minimum Gasteiger partial charge on any atom is -0.460 e. The second-order valence-electron chi connectivity index (χ2n) is 7.96. The lowest BCUT2D eigenvalue weighted by atomic mass is 9.80. The molecule has 200 valence electrons. The number of carbonyl (C=O) groups excluding carboxylic acids is 2. The van der Waals surface area contributed by atoms with Gasteiger partial charge in [-0.2, -0.15) is 0 Å². The van der Waals surface area contributed by atoms with E-state index in [4.69, 9.17) is 9.47 Å². The highest BCUT2D eigenvalue weighted by Crippen LogP contribution is 2.40. The second kappa shape index (κ2) is 12.3. The summed E-state index contributed by atoms with van der Waals surface area (Å²) in [5.74, 6) is -3.15. The van der Waals surface area contributed by atoms with Gasteiger partial charge in [0.15, 0.2) is 0 Å². The van der Waals surface area contributed by atoms with E-state index in [1.807, 2.05) is 0 Å². The number of benzene rings is 1. The van der Waals surface area contributed by atoms with Crippen LogP contribution < -0.4 is 5.32 Å². The number of dihydropyridines is 1. The molecule has 0 aromatic heterocycles. The van der Waals surface area contributed by atoms with Gasteiger partial charge in [-0.05, 0) is 33.3 Å². The molecule has 1 aliphatic rings. The summed E-state index contributed by atoms with van der Waals surface area (Å²) >= 11 is 0. The van der Waals surface area contributed by atoms with Gasteiger partial charge in [-0.15, -0.1) is 20.2 Å². The van der Waals surface area contributed by atoms with Gasteiger partial charge in [0.2, 0.25) is 0 Å². The van der Waals surface area contributed by atoms with Gasteiger partial charge in [0, 0.05) is 23.5 Å². The van der Waals surface area contributed by atoms with E-state index >= 15 is 0 Å². The molecule has 2 unspecified atom stereocenters. The Morgan fingerprint density at radius 2 is 1.35 bits per heavy atom. The number of nitro benzene ring substituents is 1. The number of nitrogens with zero attached hydrogens (tertiary/aromatic N) is 3. The van der Waals surface area contributed by atoms with Crippen molar-refractivity contribution in [3.63, 3.8) is 0 Å². The molecule has 1 heterocycles. The molecule has 1 aliphatic heterocycles. The van der Waals surface area contributed by atoms with Crippen molar-refractivity contribution in [1.29, 1.82) is 0 Å². The van der Waals surface area contributed by atoms with Gasteiger partial charge in [0.25, 0.3) is 15.9 Å². The van der Waals surface area contributed by atoms with Gasteiger partial charge < -0.3 is 24.5 Å². The van der Waals surface area contributed by atoms with Crippen LogP contribution in [0.1, 0.15) is 39.2 Å². The molecule has 0 aliphatic carbocycles. The Balaban J connectivity index is 2.47. The Morgan fingerprint density at radius 1 is 0.892 bits per heavy atom. The third-order valence-corrected chi connectivity index (χ3v) is 5.04. The monoisotopic (exact) mass is 524 g/mol. The fraction of sp³-hybridized carbons (Fsp3) is 0.429. The molecular formula is C21H24N4O12. The molecule has 16 heteroatoms. The van der Waals surface area contributed by atoms with Gasteiger partial charge in [-0.3, -0.25) is 10.1 Å². The van der Waals surface area contributed by atoms with Crippen molar-refractivity contribution in [1.82, 2.24) is 5.32 Å². The van der Waals surface area contributed by atoms with Gasteiger partial charge in [0.05, 0.1) is 22.0 Å². The molecule has 16 nitrogen and oxygen atoms in total. The topological polar surface area (TPSA) is 213 Å². The van der Waals surface area contributed by atoms with E-state index in [0.29, 0.717) is 0 Å². The minimum absolute atomic E-state index is 0.110. The molecular weight excluding hydrogens is 500 g/mol. The molecule has 0 saturated carbocycles. The van der Waals surface area contributed by atoms with Crippen LogP contribution in [-0.2, 0) is 28.7 Å². The van der Waals surface area contributed by atoms with Gasteiger partial charge in [-0.25, -0.2) is 9.59 Å². The van der Waals surface area contributed by atoms with Crippen LogP contribution in [-0.4, -0.2) is 52.5 Å². The summed E-state index contributed by atoms with van der Waals surface area (Å²) in [4.78, 5) is 66.6. The van der Waals surface area contributed by atoms with Crippen LogP contribution in [0.25, 0.3) is 0 Å². The minimum atomic E-state index is -1.21. The van der Waals surface area contributed by atoms with Crippen LogP contribution in [0.2, 0.25) is 0 Å². The number of nitro groups is 1. The fourth-order valence-electron chi connectivity index (χ4n) is 3.58. The number of esters is 2. The summed E-state index contributed by atoms with van der Waals surface area (Å²) in [5.41, 5.74) is 0.152.